The lowest BCUT2D eigenvalue weighted by Gasteiger charge is -2.13. The van der Waals surface area contributed by atoms with E-state index >= 15 is 0 Å². The van der Waals surface area contributed by atoms with Gasteiger partial charge in [-0.25, -0.2) is 9.59 Å². The zero-order valence-electron chi connectivity index (χ0n) is 11.1. The molecule has 0 saturated carbocycles. The second-order valence-electron chi connectivity index (χ2n) is 3.92. The summed E-state index contributed by atoms with van der Waals surface area (Å²) in [5, 5.41) is 16.2. The minimum absolute atomic E-state index is 0.139. The first-order valence-electron chi connectivity index (χ1n) is 6.16. The molecule has 0 spiro atoms. The second kappa shape index (κ2) is 9.93. The Bertz CT molecular complexity index is 331. The van der Waals surface area contributed by atoms with Crippen LogP contribution in [0.3, 0.4) is 0 Å². The van der Waals surface area contributed by atoms with Crippen LogP contribution in [-0.2, 0) is 9.59 Å². The van der Waals surface area contributed by atoms with Gasteiger partial charge in [-0.2, -0.15) is 0 Å². The molecular weight excluding hydrogens is 250 g/mol. The van der Waals surface area contributed by atoms with E-state index in [1.54, 1.807) is 0 Å². The summed E-state index contributed by atoms with van der Waals surface area (Å²) in [7, 11) is 0. The lowest BCUT2D eigenvalue weighted by molar-refractivity contribution is -0.139. The van der Waals surface area contributed by atoms with E-state index in [0.29, 0.717) is 6.54 Å². The Kier molecular flexibility index (Phi) is 8.86. The molecular formula is C12H21N3O4. The predicted octanol–water partition coefficient (Wildman–Crippen LogP) is 0.231. The van der Waals surface area contributed by atoms with Crippen LogP contribution in [0.15, 0.2) is 12.7 Å². The third kappa shape index (κ3) is 8.64. The quantitative estimate of drug-likeness (QED) is 0.450. The van der Waals surface area contributed by atoms with Crippen LogP contribution in [0.2, 0.25) is 0 Å². The maximum Gasteiger partial charge on any atom is 0.326 e. The third-order valence-electron chi connectivity index (χ3n) is 2.22. The number of aliphatic carboxylic acids is 1. The van der Waals surface area contributed by atoms with E-state index in [-0.39, 0.29) is 25.3 Å². The standard InChI is InChI=1S/C12H21N3O4/c1-3-5-9(11(17)18)15-12(19)14-8-6-10(16)13-7-4-2/h3,9H,1,4-8H2,2H3,(H,13,16)(H,17,18)(H2,14,15,19). The summed E-state index contributed by atoms with van der Waals surface area (Å²) in [4.78, 5) is 33.4. The second-order valence-corrected chi connectivity index (χ2v) is 3.92. The van der Waals surface area contributed by atoms with E-state index in [1.165, 1.54) is 6.08 Å². The minimum atomic E-state index is -1.13. The topological polar surface area (TPSA) is 108 Å². The van der Waals surface area contributed by atoms with Crippen LogP contribution in [-0.4, -0.2) is 42.1 Å². The first-order valence-corrected chi connectivity index (χ1v) is 6.16. The van der Waals surface area contributed by atoms with Crippen LogP contribution in [0.25, 0.3) is 0 Å². The lowest BCUT2D eigenvalue weighted by atomic mass is 10.2. The number of carbonyl (C=O) groups excluding carboxylic acids is 2. The van der Waals surface area contributed by atoms with Crippen LogP contribution in [0.4, 0.5) is 4.79 Å². The van der Waals surface area contributed by atoms with Crippen molar-refractivity contribution in [3.63, 3.8) is 0 Å². The Morgan fingerprint density at radius 3 is 2.47 bits per heavy atom. The van der Waals surface area contributed by atoms with E-state index in [2.05, 4.69) is 22.5 Å². The van der Waals surface area contributed by atoms with Crippen molar-refractivity contribution < 1.29 is 19.5 Å². The number of rotatable bonds is 9. The Labute approximate surface area is 112 Å². The van der Waals surface area contributed by atoms with E-state index < -0.39 is 18.0 Å². The average Bonchev–Trinajstić information content (AvgIpc) is 2.35. The number of carbonyl (C=O) groups is 3. The Morgan fingerprint density at radius 1 is 1.26 bits per heavy atom. The molecule has 3 amide bonds. The van der Waals surface area contributed by atoms with Crippen molar-refractivity contribution in [2.45, 2.75) is 32.2 Å². The van der Waals surface area contributed by atoms with E-state index in [1.807, 2.05) is 6.92 Å². The number of hydrogen-bond acceptors (Lipinski definition) is 3. The van der Waals surface area contributed by atoms with Crippen molar-refractivity contribution in [2.24, 2.45) is 0 Å². The Balaban J connectivity index is 3.88. The fourth-order valence-corrected chi connectivity index (χ4v) is 1.24. The van der Waals surface area contributed by atoms with E-state index in [4.69, 9.17) is 5.11 Å². The van der Waals surface area contributed by atoms with Crippen LogP contribution >= 0.6 is 0 Å². The van der Waals surface area contributed by atoms with Gasteiger partial charge in [-0.15, -0.1) is 6.58 Å². The van der Waals surface area contributed by atoms with Gasteiger partial charge in [0.05, 0.1) is 0 Å². The molecule has 0 aliphatic carbocycles. The van der Waals surface area contributed by atoms with Crippen LogP contribution in [0, 0.1) is 0 Å². The summed E-state index contributed by atoms with van der Waals surface area (Å²) in [5.74, 6) is -1.28. The van der Waals surface area contributed by atoms with Gasteiger partial charge in [0.2, 0.25) is 5.91 Å². The molecule has 0 aromatic rings. The molecule has 0 fully saturated rings. The van der Waals surface area contributed by atoms with Crippen LogP contribution < -0.4 is 16.0 Å². The van der Waals surface area contributed by atoms with Gasteiger partial charge in [0.1, 0.15) is 6.04 Å². The zero-order valence-corrected chi connectivity index (χ0v) is 11.1. The maximum absolute atomic E-state index is 11.4. The molecule has 1 atom stereocenters. The summed E-state index contributed by atoms with van der Waals surface area (Å²) in [6, 6.07) is -1.62. The third-order valence-corrected chi connectivity index (χ3v) is 2.22. The predicted molar refractivity (Wildman–Crippen MR) is 70.7 cm³/mol. The Hall–Kier alpha value is -2.05. The number of carboxylic acids is 1. The molecule has 4 N–H and O–H groups in total. The van der Waals surface area contributed by atoms with E-state index in [9.17, 15) is 14.4 Å². The van der Waals surface area contributed by atoms with Crippen molar-refractivity contribution in [1.82, 2.24) is 16.0 Å². The van der Waals surface area contributed by atoms with Gasteiger partial charge in [-0.3, -0.25) is 4.79 Å². The van der Waals surface area contributed by atoms with Crippen molar-refractivity contribution in [1.29, 1.82) is 0 Å². The van der Waals surface area contributed by atoms with Gasteiger partial charge in [0.25, 0.3) is 0 Å². The normalized spacial score (nSPS) is 11.2. The number of hydrogen-bond donors (Lipinski definition) is 4. The van der Waals surface area contributed by atoms with Crippen LogP contribution in [0.5, 0.6) is 0 Å². The molecule has 0 rings (SSSR count). The summed E-state index contributed by atoms with van der Waals surface area (Å²) >= 11 is 0. The first kappa shape index (κ1) is 16.9. The monoisotopic (exact) mass is 271 g/mol. The van der Waals surface area contributed by atoms with Crippen molar-refractivity contribution in [3.8, 4) is 0 Å². The molecule has 108 valence electrons. The molecule has 0 aliphatic heterocycles. The molecule has 0 heterocycles. The molecule has 7 nitrogen and oxygen atoms in total. The highest BCUT2D eigenvalue weighted by molar-refractivity contribution is 5.83. The molecule has 0 aliphatic rings. The fraction of sp³-hybridized carbons (Fsp3) is 0.583. The molecule has 0 saturated heterocycles. The van der Waals surface area contributed by atoms with Crippen molar-refractivity contribution in [3.05, 3.63) is 12.7 Å². The summed E-state index contributed by atoms with van der Waals surface area (Å²) in [6.45, 7) is 6.12. The van der Waals surface area contributed by atoms with Crippen molar-refractivity contribution >= 4 is 17.9 Å². The number of urea groups is 1. The van der Waals surface area contributed by atoms with Crippen molar-refractivity contribution in [2.75, 3.05) is 13.1 Å². The van der Waals surface area contributed by atoms with Gasteiger partial charge in [0, 0.05) is 19.5 Å². The largest absolute Gasteiger partial charge is 0.480 e. The maximum atomic E-state index is 11.4. The smallest absolute Gasteiger partial charge is 0.326 e. The summed E-state index contributed by atoms with van der Waals surface area (Å²) in [5.41, 5.74) is 0. The molecule has 19 heavy (non-hydrogen) atoms. The number of carboxylic acid groups (broad SMARTS) is 1. The summed E-state index contributed by atoms with van der Waals surface area (Å²) < 4.78 is 0. The molecule has 0 aromatic carbocycles. The van der Waals surface area contributed by atoms with Gasteiger partial charge < -0.3 is 21.1 Å². The minimum Gasteiger partial charge on any atom is -0.480 e. The van der Waals surface area contributed by atoms with Crippen LogP contribution in [0.1, 0.15) is 26.2 Å². The van der Waals surface area contributed by atoms with Gasteiger partial charge >= 0.3 is 12.0 Å². The van der Waals surface area contributed by atoms with E-state index in [0.717, 1.165) is 6.42 Å². The highest BCUT2D eigenvalue weighted by Gasteiger charge is 2.17. The van der Waals surface area contributed by atoms with Gasteiger partial charge in [-0.05, 0) is 12.8 Å². The number of nitrogens with one attached hydrogen (secondary N) is 3. The Morgan fingerprint density at radius 2 is 1.95 bits per heavy atom. The molecule has 7 heteroatoms. The highest BCUT2D eigenvalue weighted by Crippen LogP contribution is 1.92. The van der Waals surface area contributed by atoms with Gasteiger partial charge in [-0.1, -0.05) is 13.0 Å². The van der Waals surface area contributed by atoms with Gasteiger partial charge in [0.15, 0.2) is 0 Å². The SMILES string of the molecule is C=CCC(NC(=O)NCCC(=O)NCCC)C(=O)O. The molecule has 0 bridgehead atoms. The average molecular weight is 271 g/mol. The fourth-order valence-electron chi connectivity index (χ4n) is 1.24. The molecule has 0 radical (unpaired) electrons. The number of amides is 3. The lowest BCUT2D eigenvalue weighted by Crippen LogP contribution is -2.46. The summed E-state index contributed by atoms with van der Waals surface area (Å²) in [6.07, 6.45) is 2.56. The molecule has 1 unspecified atom stereocenters. The zero-order chi connectivity index (χ0) is 14.7. The highest BCUT2D eigenvalue weighted by atomic mass is 16.4. The molecule has 0 aromatic heterocycles. The first-order chi connectivity index (χ1) is 9.01.